The van der Waals surface area contributed by atoms with Crippen LogP contribution in [0.25, 0.3) is 10.9 Å². The minimum atomic E-state index is 0.0259. The van der Waals surface area contributed by atoms with Crippen molar-refractivity contribution in [2.24, 2.45) is 13.0 Å². The summed E-state index contributed by atoms with van der Waals surface area (Å²) in [6, 6.07) is 10.1. The van der Waals surface area contributed by atoms with Gasteiger partial charge < -0.3 is 9.88 Å². The van der Waals surface area contributed by atoms with Gasteiger partial charge in [0.05, 0.1) is 5.52 Å². The van der Waals surface area contributed by atoms with Gasteiger partial charge in [0.25, 0.3) is 5.56 Å². The Morgan fingerprint density at radius 3 is 2.58 bits per heavy atom. The highest BCUT2D eigenvalue weighted by molar-refractivity contribution is 5.91. The largest absolute Gasteiger partial charge is 0.382 e. The molecule has 0 saturated heterocycles. The smallest absolute Gasteiger partial charge is 0.252 e. The fourth-order valence-corrected chi connectivity index (χ4v) is 2.56. The molecule has 102 valence electrons. The zero-order valence-electron chi connectivity index (χ0n) is 12.1. The first-order chi connectivity index (χ1) is 8.99. The van der Waals surface area contributed by atoms with E-state index in [1.54, 1.807) is 10.6 Å². The van der Waals surface area contributed by atoms with Crippen molar-refractivity contribution in [1.29, 1.82) is 0 Å². The predicted octanol–water partition coefficient (Wildman–Crippen LogP) is 3.39. The summed E-state index contributed by atoms with van der Waals surface area (Å²) in [4.78, 5) is 12.0. The Morgan fingerprint density at radius 1 is 1.21 bits per heavy atom. The molecule has 3 heteroatoms. The van der Waals surface area contributed by atoms with Crippen LogP contribution in [-0.4, -0.2) is 10.6 Å². The number of hydrogen-bond donors (Lipinski definition) is 1. The van der Waals surface area contributed by atoms with Crippen molar-refractivity contribution in [3.05, 3.63) is 40.7 Å². The molecule has 3 nitrogen and oxygen atoms in total. The molecule has 1 heterocycles. The first-order valence-corrected chi connectivity index (χ1v) is 6.84. The molecule has 0 aliphatic rings. The molecule has 0 fully saturated rings. The summed E-state index contributed by atoms with van der Waals surface area (Å²) in [5, 5.41) is 4.57. The number of aromatic nitrogens is 1. The van der Waals surface area contributed by atoms with E-state index >= 15 is 0 Å². The van der Waals surface area contributed by atoms with Gasteiger partial charge in [-0.1, -0.05) is 32.0 Å². The van der Waals surface area contributed by atoms with Gasteiger partial charge in [-0.15, -0.1) is 0 Å². The van der Waals surface area contributed by atoms with E-state index in [1.165, 1.54) is 0 Å². The van der Waals surface area contributed by atoms with Crippen molar-refractivity contribution in [2.75, 3.05) is 5.32 Å². The van der Waals surface area contributed by atoms with Gasteiger partial charge in [0, 0.05) is 30.2 Å². The van der Waals surface area contributed by atoms with Crippen LogP contribution in [0.1, 0.15) is 27.2 Å². The van der Waals surface area contributed by atoms with Crippen LogP contribution in [0.15, 0.2) is 35.1 Å². The van der Waals surface area contributed by atoms with E-state index in [0.29, 0.717) is 12.0 Å². The Kier molecular flexibility index (Phi) is 3.93. The van der Waals surface area contributed by atoms with Crippen LogP contribution in [0, 0.1) is 5.92 Å². The molecule has 1 unspecified atom stereocenters. The number of anilines is 1. The van der Waals surface area contributed by atoms with Gasteiger partial charge in [-0.05, 0) is 25.3 Å². The number of aryl methyl sites for hydroxylation is 1. The normalized spacial score (nSPS) is 12.9. The summed E-state index contributed by atoms with van der Waals surface area (Å²) in [7, 11) is 1.81. The Morgan fingerprint density at radius 2 is 1.89 bits per heavy atom. The summed E-state index contributed by atoms with van der Waals surface area (Å²) in [5.74, 6) is 0.639. The van der Waals surface area contributed by atoms with Gasteiger partial charge >= 0.3 is 0 Å². The third kappa shape index (κ3) is 2.98. The molecule has 0 aliphatic heterocycles. The van der Waals surface area contributed by atoms with Crippen LogP contribution in [0.4, 0.5) is 5.69 Å². The molecule has 19 heavy (non-hydrogen) atoms. The van der Waals surface area contributed by atoms with E-state index in [-0.39, 0.29) is 5.56 Å². The Bertz CT molecular complexity index is 628. The number of nitrogens with one attached hydrogen (secondary N) is 1. The van der Waals surface area contributed by atoms with Crippen molar-refractivity contribution in [3.63, 3.8) is 0 Å². The molecule has 0 amide bonds. The number of benzene rings is 1. The van der Waals surface area contributed by atoms with Crippen molar-refractivity contribution in [1.82, 2.24) is 4.57 Å². The molecular formula is C16H22N2O. The van der Waals surface area contributed by atoms with Crippen LogP contribution in [0.2, 0.25) is 0 Å². The monoisotopic (exact) mass is 258 g/mol. The average molecular weight is 258 g/mol. The van der Waals surface area contributed by atoms with Gasteiger partial charge in [-0.2, -0.15) is 0 Å². The minimum Gasteiger partial charge on any atom is -0.382 e. The lowest BCUT2D eigenvalue weighted by Gasteiger charge is -2.19. The van der Waals surface area contributed by atoms with E-state index < -0.39 is 0 Å². The molecule has 1 aromatic carbocycles. The molecule has 1 atom stereocenters. The Hall–Kier alpha value is -1.77. The highest BCUT2D eigenvalue weighted by Gasteiger charge is 2.09. The molecule has 0 radical (unpaired) electrons. The van der Waals surface area contributed by atoms with Crippen LogP contribution in [0.3, 0.4) is 0 Å². The van der Waals surface area contributed by atoms with E-state index in [1.807, 2.05) is 25.2 Å². The lowest BCUT2D eigenvalue weighted by molar-refractivity contribution is 0.540. The van der Waals surface area contributed by atoms with Gasteiger partial charge in [0.2, 0.25) is 0 Å². The first-order valence-electron chi connectivity index (χ1n) is 6.84. The van der Waals surface area contributed by atoms with E-state index in [0.717, 1.165) is 23.0 Å². The van der Waals surface area contributed by atoms with Gasteiger partial charge in [-0.25, -0.2) is 0 Å². The first kappa shape index (κ1) is 13.7. The highest BCUT2D eigenvalue weighted by Crippen LogP contribution is 2.22. The SMILES string of the molecule is CC(C)CC(C)Nc1cc(=O)n(C)c2ccccc12. The number of rotatable bonds is 4. The van der Waals surface area contributed by atoms with Crippen LogP contribution in [-0.2, 0) is 7.05 Å². The molecular weight excluding hydrogens is 236 g/mol. The zero-order valence-corrected chi connectivity index (χ0v) is 12.1. The highest BCUT2D eigenvalue weighted by atomic mass is 16.1. The third-order valence-corrected chi connectivity index (χ3v) is 3.38. The second-order valence-corrected chi connectivity index (χ2v) is 5.65. The van der Waals surface area contributed by atoms with Crippen LogP contribution in [0.5, 0.6) is 0 Å². The molecule has 2 rings (SSSR count). The second kappa shape index (κ2) is 5.47. The number of hydrogen-bond acceptors (Lipinski definition) is 2. The standard InChI is InChI=1S/C16H22N2O/c1-11(2)9-12(3)17-14-10-16(19)18(4)15-8-6-5-7-13(14)15/h5-8,10-12,17H,9H2,1-4H3. The summed E-state index contributed by atoms with van der Waals surface area (Å²) in [6.45, 7) is 6.58. The van der Waals surface area contributed by atoms with Crippen molar-refractivity contribution in [3.8, 4) is 0 Å². The third-order valence-electron chi connectivity index (χ3n) is 3.38. The van der Waals surface area contributed by atoms with Crippen molar-refractivity contribution in [2.45, 2.75) is 33.2 Å². The molecule has 0 spiro atoms. The molecule has 2 aromatic rings. The number of nitrogens with zero attached hydrogens (tertiary/aromatic N) is 1. The van der Waals surface area contributed by atoms with Crippen LogP contribution >= 0.6 is 0 Å². The average Bonchev–Trinajstić information content (AvgIpc) is 2.34. The van der Waals surface area contributed by atoms with Gasteiger partial charge in [0.1, 0.15) is 0 Å². The maximum Gasteiger partial charge on any atom is 0.252 e. The fraction of sp³-hybridized carbons (Fsp3) is 0.438. The van der Waals surface area contributed by atoms with E-state index in [2.05, 4.69) is 32.2 Å². The van der Waals surface area contributed by atoms with Crippen LogP contribution < -0.4 is 10.9 Å². The van der Waals surface area contributed by atoms with E-state index in [4.69, 9.17) is 0 Å². The van der Waals surface area contributed by atoms with Gasteiger partial charge in [0.15, 0.2) is 0 Å². The second-order valence-electron chi connectivity index (χ2n) is 5.65. The molecule has 0 saturated carbocycles. The fourth-order valence-electron chi connectivity index (χ4n) is 2.56. The maximum atomic E-state index is 12.0. The summed E-state index contributed by atoms with van der Waals surface area (Å²) in [6.07, 6.45) is 1.09. The number of para-hydroxylation sites is 1. The van der Waals surface area contributed by atoms with E-state index in [9.17, 15) is 4.79 Å². The Balaban J connectivity index is 2.43. The molecule has 0 aliphatic carbocycles. The zero-order chi connectivity index (χ0) is 14.0. The molecule has 1 aromatic heterocycles. The lowest BCUT2D eigenvalue weighted by Crippen LogP contribution is -2.22. The summed E-state index contributed by atoms with van der Waals surface area (Å²) < 4.78 is 1.69. The summed E-state index contributed by atoms with van der Waals surface area (Å²) >= 11 is 0. The topological polar surface area (TPSA) is 34.0 Å². The van der Waals surface area contributed by atoms with Crippen molar-refractivity contribution < 1.29 is 0 Å². The van der Waals surface area contributed by atoms with Gasteiger partial charge in [-0.3, -0.25) is 4.79 Å². The number of fused-ring (bicyclic) bond motifs is 1. The molecule has 0 bridgehead atoms. The number of pyridine rings is 1. The quantitative estimate of drug-likeness (QED) is 0.912. The lowest BCUT2D eigenvalue weighted by atomic mass is 10.0. The minimum absolute atomic E-state index is 0.0259. The molecule has 1 N–H and O–H groups in total. The van der Waals surface area contributed by atoms with Crippen molar-refractivity contribution >= 4 is 16.6 Å². The maximum absolute atomic E-state index is 12.0. The summed E-state index contributed by atoms with van der Waals surface area (Å²) in [5.41, 5.74) is 1.93. The Labute approximate surface area is 114 Å². The predicted molar refractivity (Wildman–Crippen MR) is 81.7 cm³/mol.